The second kappa shape index (κ2) is 6.70. The maximum atomic E-state index is 10.6. The first-order chi connectivity index (χ1) is 11.2. The van der Waals surface area contributed by atoms with E-state index < -0.39 is 0 Å². The number of benzene rings is 1. The van der Waals surface area contributed by atoms with Gasteiger partial charge in [-0.05, 0) is 29.9 Å². The molecular weight excluding hydrogens is 322 g/mol. The monoisotopic (exact) mass is 343 g/mol. The molecule has 24 heavy (non-hydrogen) atoms. The molecule has 1 aromatic heterocycles. The van der Waals surface area contributed by atoms with E-state index in [0.717, 1.165) is 6.42 Å². The quantitative estimate of drug-likeness (QED) is 0.626. The highest BCUT2D eigenvalue weighted by molar-refractivity contribution is 6.33. The Kier molecular flexibility index (Phi) is 5.05. The van der Waals surface area contributed by atoms with Gasteiger partial charge in [0.25, 0.3) is 0 Å². The standard InChI is InChI=1S/C19H22ClN3O/c1-6-19(3,4)14-9-7-13(8-10-14)15(11-21)18(24)17-16(20)12(2)22-23(17)5/h7-10,24H,6H2,1-5H3. The third kappa shape index (κ3) is 3.18. The molecule has 126 valence electrons. The molecule has 1 aromatic carbocycles. The molecule has 2 rings (SSSR count). The van der Waals surface area contributed by atoms with Crippen LogP contribution in [0.2, 0.25) is 5.02 Å². The van der Waals surface area contributed by atoms with Crippen molar-refractivity contribution in [3.8, 4) is 6.07 Å². The lowest BCUT2D eigenvalue weighted by atomic mass is 9.82. The molecule has 1 N–H and O–H groups in total. The first-order valence-electron chi connectivity index (χ1n) is 7.86. The average Bonchev–Trinajstić information content (AvgIpc) is 2.81. The van der Waals surface area contributed by atoms with Gasteiger partial charge in [0.15, 0.2) is 5.76 Å². The molecule has 0 aliphatic heterocycles. The van der Waals surface area contributed by atoms with Gasteiger partial charge in [-0.3, -0.25) is 4.68 Å². The zero-order valence-corrected chi connectivity index (χ0v) is 15.4. The summed E-state index contributed by atoms with van der Waals surface area (Å²) in [6.07, 6.45) is 1.02. The number of halogens is 1. The van der Waals surface area contributed by atoms with Crippen LogP contribution >= 0.6 is 11.6 Å². The van der Waals surface area contributed by atoms with Crippen molar-refractivity contribution in [2.24, 2.45) is 7.05 Å². The van der Waals surface area contributed by atoms with Crippen molar-refractivity contribution in [1.29, 1.82) is 5.26 Å². The average molecular weight is 344 g/mol. The largest absolute Gasteiger partial charge is 0.504 e. The maximum Gasteiger partial charge on any atom is 0.160 e. The number of aromatic nitrogens is 2. The number of aliphatic hydroxyl groups is 1. The summed E-state index contributed by atoms with van der Waals surface area (Å²) < 4.78 is 1.49. The molecule has 0 spiro atoms. The Hall–Kier alpha value is -2.25. The first-order valence-corrected chi connectivity index (χ1v) is 8.24. The van der Waals surface area contributed by atoms with Crippen molar-refractivity contribution < 1.29 is 5.11 Å². The fourth-order valence-corrected chi connectivity index (χ4v) is 2.80. The summed E-state index contributed by atoms with van der Waals surface area (Å²) in [5.74, 6) is -0.159. The van der Waals surface area contributed by atoms with Crippen LogP contribution in [0.5, 0.6) is 0 Å². The second-order valence-corrected chi connectivity index (χ2v) is 6.90. The third-order valence-electron chi connectivity index (χ3n) is 4.56. The van der Waals surface area contributed by atoms with Crippen LogP contribution in [0.1, 0.15) is 49.7 Å². The van der Waals surface area contributed by atoms with Gasteiger partial charge in [0.1, 0.15) is 17.3 Å². The van der Waals surface area contributed by atoms with E-state index in [1.54, 1.807) is 14.0 Å². The summed E-state index contributed by atoms with van der Waals surface area (Å²) in [7, 11) is 1.69. The van der Waals surface area contributed by atoms with E-state index in [2.05, 4.69) is 31.9 Å². The topological polar surface area (TPSA) is 61.8 Å². The Labute approximate surface area is 148 Å². The van der Waals surface area contributed by atoms with Crippen LogP contribution in [0.25, 0.3) is 11.3 Å². The fourth-order valence-electron chi connectivity index (χ4n) is 2.55. The summed E-state index contributed by atoms with van der Waals surface area (Å²) in [5.41, 5.74) is 3.06. The van der Waals surface area contributed by atoms with E-state index in [0.29, 0.717) is 22.0 Å². The number of aryl methyl sites for hydroxylation is 2. The molecule has 0 aliphatic rings. The summed E-state index contributed by atoms with van der Waals surface area (Å²) in [6.45, 7) is 8.26. The van der Waals surface area contributed by atoms with Gasteiger partial charge in [-0.15, -0.1) is 0 Å². The van der Waals surface area contributed by atoms with Crippen LogP contribution < -0.4 is 0 Å². The van der Waals surface area contributed by atoms with Crippen LogP contribution in [-0.2, 0) is 12.5 Å². The predicted octanol–water partition coefficient (Wildman–Crippen LogP) is 5.02. The predicted molar refractivity (Wildman–Crippen MR) is 97.8 cm³/mol. The molecule has 1 heterocycles. The van der Waals surface area contributed by atoms with Crippen molar-refractivity contribution in [2.75, 3.05) is 0 Å². The molecule has 0 saturated carbocycles. The van der Waals surface area contributed by atoms with Crippen LogP contribution in [0.4, 0.5) is 0 Å². The minimum Gasteiger partial charge on any atom is -0.504 e. The molecule has 0 saturated heterocycles. The Balaban J connectivity index is 2.54. The molecule has 5 heteroatoms. The lowest BCUT2D eigenvalue weighted by molar-refractivity contribution is 0.503. The van der Waals surface area contributed by atoms with Crippen molar-refractivity contribution in [3.05, 3.63) is 51.8 Å². The van der Waals surface area contributed by atoms with E-state index in [1.807, 2.05) is 24.3 Å². The van der Waals surface area contributed by atoms with Gasteiger partial charge in [-0.1, -0.05) is 56.6 Å². The number of allylic oxidation sites excluding steroid dienone is 1. The number of hydrogen-bond acceptors (Lipinski definition) is 3. The number of nitrogens with zero attached hydrogens (tertiary/aromatic N) is 3. The summed E-state index contributed by atoms with van der Waals surface area (Å²) in [5, 5.41) is 24.7. The van der Waals surface area contributed by atoms with E-state index in [9.17, 15) is 10.4 Å². The molecule has 0 amide bonds. The Morgan fingerprint density at radius 3 is 2.33 bits per heavy atom. The minimum atomic E-state index is -0.159. The number of rotatable bonds is 4. The van der Waals surface area contributed by atoms with Gasteiger partial charge in [0.2, 0.25) is 0 Å². The number of nitriles is 1. The van der Waals surface area contributed by atoms with Crippen molar-refractivity contribution in [1.82, 2.24) is 9.78 Å². The van der Waals surface area contributed by atoms with Gasteiger partial charge >= 0.3 is 0 Å². The van der Waals surface area contributed by atoms with E-state index in [4.69, 9.17) is 11.6 Å². The molecule has 0 bridgehead atoms. The van der Waals surface area contributed by atoms with Crippen LogP contribution in [0.3, 0.4) is 0 Å². The number of hydrogen-bond donors (Lipinski definition) is 1. The molecule has 0 fully saturated rings. The van der Waals surface area contributed by atoms with Gasteiger partial charge in [0, 0.05) is 7.05 Å². The summed E-state index contributed by atoms with van der Waals surface area (Å²) >= 11 is 6.21. The van der Waals surface area contributed by atoms with Crippen molar-refractivity contribution in [2.45, 2.75) is 39.5 Å². The lowest BCUT2D eigenvalue weighted by Crippen LogP contribution is -2.15. The molecule has 4 nitrogen and oxygen atoms in total. The highest BCUT2D eigenvalue weighted by Gasteiger charge is 2.21. The summed E-state index contributed by atoms with van der Waals surface area (Å²) in [4.78, 5) is 0. The lowest BCUT2D eigenvalue weighted by Gasteiger charge is -2.23. The highest BCUT2D eigenvalue weighted by Crippen LogP contribution is 2.32. The zero-order chi connectivity index (χ0) is 18.1. The van der Waals surface area contributed by atoms with Gasteiger partial charge in [0.05, 0.1) is 10.7 Å². The van der Waals surface area contributed by atoms with E-state index >= 15 is 0 Å². The van der Waals surface area contributed by atoms with Crippen molar-refractivity contribution >= 4 is 22.9 Å². The zero-order valence-electron chi connectivity index (χ0n) is 14.7. The fraction of sp³-hybridized carbons (Fsp3) is 0.368. The Morgan fingerprint density at radius 2 is 1.92 bits per heavy atom. The van der Waals surface area contributed by atoms with Gasteiger partial charge in [-0.2, -0.15) is 10.4 Å². The Morgan fingerprint density at radius 1 is 1.33 bits per heavy atom. The van der Waals surface area contributed by atoms with E-state index in [-0.39, 0.29) is 16.7 Å². The van der Waals surface area contributed by atoms with Crippen LogP contribution in [-0.4, -0.2) is 14.9 Å². The first kappa shape index (κ1) is 18.1. The highest BCUT2D eigenvalue weighted by atomic mass is 35.5. The SMILES string of the molecule is CCC(C)(C)c1ccc(C(C#N)=C(O)c2c(Cl)c(C)nn2C)cc1. The minimum absolute atomic E-state index is 0.0690. The third-order valence-corrected chi connectivity index (χ3v) is 5.01. The van der Waals surface area contributed by atoms with Crippen LogP contribution in [0, 0.1) is 18.3 Å². The van der Waals surface area contributed by atoms with Gasteiger partial charge in [-0.25, -0.2) is 0 Å². The number of aliphatic hydroxyl groups excluding tert-OH is 1. The maximum absolute atomic E-state index is 10.6. The van der Waals surface area contributed by atoms with Crippen LogP contribution in [0.15, 0.2) is 24.3 Å². The molecule has 2 aromatic rings. The molecule has 0 radical (unpaired) electrons. The summed E-state index contributed by atoms with van der Waals surface area (Å²) in [6, 6.07) is 9.80. The van der Waals surface area contributed by atoms with Crippen molar-refractivity contribution in [3.63, 3.8) is 0 Å². The molecule has 0 aliphatic carbocycles. The second-order valence-electron chi connectivity index (χ2n) is 6.52. The van der Waals surface area contributed by atoms with E-state index in [1.165, 1.54) is 10.2 Å². The smallest absolute Gasteiger partial charge is 0.160 e. The van der Waals surface area contributed by atoms with Gasteiger partial charge < -0.3 is 5.11 Å². The normalized spacial score (nSPS) is 12.7. The Bertz CT molecular complexity index is 824. The molecule has 0 atom stereocenters. The molecule has 0 unspecified atom stereocenters. The molecular formula is C19H22ClN3O.